The van der Waals surface area contributed by atoms with Gasteiger partial charge in [-0.05, 0) is 19.8 Å². The zero-order valence-corrected chi connectivity index (χ0v) is 10.8. The second-order valence-electron chi connectivity index (χ2n) is 5.42. The molecule has 2 fully saturated rings. The second kappa shape index (κ2) is 4.23. The molecule has 0 bridgehead atoms. The van der Waals surface area contributed by atoms with Gasteiger partial charge in [-0.15, -0.1) is 0 Å². The molecule has 2 saturated heterocycles. The highest BCUT2D eigenvalue weighted by atomic mass is 32.2. The van der Waals surface area contributed by atoms with E-state index < -0.39 is 15.9 Å². The quantitative estimate of drug-likeness (QED) is 0.702. The van der Waals surface area contributed by atoms with Crippen LogP contribution in [0.1, 0.15) is 19.8 Å². The Morgan fingerprint density at radius 3 is 2.35 bits per heavy atom. The Morgan fingerprint density at radius 2 is 1.94 bits per heavy atom. The molecule has 96 valence electrons. The SMILES string of the molecule is CC1(C#N)CCN(C2CS(=O)(=O)CC2O)CC1. The third kappa shape index (κ3) is 2.62. The minimum Gasteiger partial charge on any atom is -0.390 e. The standard InChI is InChI=1S/C11H18N2O3S/c1-11(8-12)2-4-13(5-3-11)9-6-17(15,16)7-10(9)14/h9-10,14H,2-7H2,1H3. The van der Waals surface area contributed by atoms with E-state index in [4.69, 9.17) is 5.26 Å². The van der Waals surface area contributed by atoms with Crippen molar-refractivity contribution in [2.75, 3.05) is 24.6 Å². The summed E-state index contributed by atoms with van der Waals surface area (Å²) < 4.78 is 22.9. The number of rotatable bonds is 1. The summed E-state index contributed by atoms with van der Waals surface area (Å²) in [6.45, 7) is 3.33. The fourth-order valence-corrected chi connectivity index (χ4v) is 4.45. The van der Waals surface area contributed by atoms with E-state index in [1.165, 1.54) is 0 Å². The smallest absolute Gasteiger partial charge is 0.154 e. The van der Waals surface area contributed by atoms with E-state index in [0.717, 1.165) is 12.8 Å². The van der Waals surface area contributed by atoms with Crippen LogP contribution >= 0.6 is 0 Å². The van der Waals surface area contributed by atoms with Crippen LogP contribution in [0.15, 0.2) is 0 Å². The summed E-state index contributed by atoms with van der Waals surface area (Å²) in [5.74, 6) is -0.0683. The van der Waals surface area contributed by atoms with Crippen molar-refractivity contribution in [2.45, 2.75) is 31.9 Å². The lowest BCUT2D eigenvalue weighted by Gasteiger charge is -2.38. The first-order chi connectivity index (χ1) is 7.85. The second-order valence-corrected chi connectivity index (χ2v) is 7.57. The molecular formula is C11H18N2O3S. The molecule has 2 aliphatic heterocycles. The van der Waals surface area contributed by atoms with Crippen LogP contribution in [0, 0.1) is 16.7 Å². The Bertz CT molecular complexity index is 432. The van der Waals surface area contributed by atoms with E-state index in [1.54, 1.807) is 0 Å². The zero-order chi connectivity index (χ0) is 12.7. The number of sulfone groups is 1. The average molecular weight is 258 g/mol. The molecule has 6 heteroatoms. The zero-order valence-electron chi connectivity index (χ0n) is 9.96. The maximum absolute atomic E-state index is 11.4. The molecule has 2 heterocycles. The van der Waals surface area contributed by atoms with Crippen molar-refractivity contribution in [1.82, 2.24) is 4.90 Å². The molecule has 2 unspecified atom stereocenters. The summed E-state index contributed by atoms with van der Waals surface area (Å²) in [4.78, 5) is 2.02. The molecule has 0 saturated carbocycles. The normalized spacial score (nSPS) is 36.5. The maximum atomic E-state index is 11.4. The van der Waals surface area contributed by atoms with Gasteiger partial charge >= 0.3 is 0 Å². The Labute approximate surface area is 102 Å². The fourth-order valence-electron chi connectivity index (χ4n) is 2.62. The van der Waals surface area contributed by atoms with E-state index >= 15 is 0 Å². The monoisotopic (exact) mass is 258 g/mol. The van der Waals surface area contributed by atoms with Crippen molar-refractivity contribution in [3.63, 3.8) is 0 Å². The highest BCUT2D eigenvalue weighted by Crippen LogP contribution is 2.32. The molecule has 0 radical (unpaired) electrons. The van der Waals surface area contributed by atoms with Crippen LogP contribution in [0.4, 0.5) is 0 Å². The van der Waals surface area contributed by atoms with Crippen molar-refractivity contribution >= 4 is 9.84 Å². The van der Waals surface area contributed by atoms with Gasteiger partial charge in [-0.2, -0.15) is 5.26 Å². The molecule has 0 aromatic rings. The summed E-state index contributed by atoms with van der Waals surface area (Å²) in [7, 11) is -3.08. The number of aliphatic hydroxyl groups is 1. The van der Waals surface area contributed by atoms with Crippen molar-refractivity contribution in [3.8, 4) is 6.07 Å². The van der Waals surface area contributed by atoms with E-state index in [-0.39, 0.29) is 23.0 Å². The first-order valence-corrected chi connectivity index (χ1v) is 7.71. The number of hydrogen-bond acceptors (Lipinski definition) is 5. The van der Waals surface area contributed by atoms with E-state index in [0.29, 0.717) is 13.1 Å². The summed E-state index contributed by atoms with van der Waals surface area (Å²) in [6.07, 6.45) is 0.714. The number of piperidine rings is 1. The van der Waals surface area contributed by atoms with Crippen molar-refractivity contribution in [1.29, 1.82) is 5.26 Å². The molecule has 0 aromatic carbocycles. The van der Waals surface area contributed by atoms with Crippen LogP contribution in [0.2, 0.25) is 0 Å². The first-order valence-electron chi connectivity index (χ1n) is 5.89. The van der Waals surface area contributed by atoms with Gasteiger partial charge in [0, 0.05) is 13.1 Å². The topological polar surface area (TPSA) is 81.4 Å². The number of nitriles is 1. The van der Waals surface area contributed by atoms with Gasteiger partial charge < -0.3 is 5.11 Å². The minimum absolute atomic E-state index is 0.0530. The molecule has 2 aliphatic rings. The molecule has 0 aliphatic carbocycles. The molecule has 0 aromatic heterocycles. The van der Waals surface area contributed by atoms with Gasteiger partial charge in [0.1, 0.15) is 0 Å². The summed E-state index contributed by atoms with van der Waals surface area (Å²) >= 11 is 0. The van der Waals surface area contributed by atoms with Crippen LogP contribution in [0.5, 0.6) is 0 Å². The largest absolute Gasteiger partial charge is 0.390 e. The Hall–Kier alpha value is -0.640. The van der Waals surface area contributed by atoms with Gasteiger partial charge in [-0.3, -0.25) is 4.90 Å². The molecule has 2 rings (SSSR count). The number of hydrogen-bond donors (Lipinski definition) is 1. The lowest BCUT2D eigenvalue weighted by Crippen LogP contribution is -2.48. The number of nitrogens with zero attached hydrogens (tertiary/aromatic N) is 2. The van der Waals surface area contributed by atoms with E-state index in [9.17, 15) is 13.5 Å². The molecule has 1 N–H and O–H groups in total. The lowest BCUT2D eigenvalue weighted by atomic mass is 9.81. The predicted molar refractivity (Wildman–Crippen MR) is 63.0 cm³/mol. The van der Waals surface area contributed by atoms with Crippen molar-refractivity contribution in [2.24, 2.45) is 5.41 Å². The molecule has 5 nitrogen and oxygen atoms in total. The third-order valence-corrected chi connectivity index (χ3v) is 5.63. The van der Waals surface area contributed by atoms with Gasteiger partial charge in [-0.1, -0.05) is 0 Å². The summed E-state index contributed by atoms with van der Waals surface area (Å²) in [5.41, 5.74) is -0.293. The van der Waals surface area contributed by atoms with Gasteiger partial charge in [0.2, 0.25) is 0 Å². The fraction of sp³-hybridized carbons (Fsp3) is 0.909. The molecular weight excluding hydrogens is 240 g/mol. The summed E-state index contributed by atoms with van der Waals surface area (Å²) in [5, 5.41) is 18.8. The van der Waals surface area contributed by atoms with Crippen LogP contribution in [0.25, 0.3) is 0 Å². The Balaban J connectivity index is 2.01. The van der Waals surface area contributed by atoms with Crippen LogP contribution in [-0.4, -0.2) is 55.2 Å². The van der Waals surface area contributed by atoms with E-state index in [1.807, 2.05) is 11.8 Å². The Morgan fingerprint density at radius 1 is 1.35 bits per heavy atom. The molecule has 0 amide bonds. The van der Waals surface area contributed by atoms with Crippen LogP contribution < -0.4 is 0 Å². The molecule has 17 heavy (non-hydrogen) atoms. The highest BCUT2D eigenvalue weighted by molar-refractivity contribution is 7.91. The number of likely N-dealkylation sites (tertiary alicyclic amines) is 1. The Kier molecular flexibility index (Phi) is 3.19. The third-order valence-electron chi connectivity index (χ3n) is 3.93. The van der Waals surface area contributed by atoms with Crippen LogP contribution in [-0.2, 0) is 9.84 Å². The average Bonchev–Trinajstić information content (AvgIpc) is 2.53. The molecule has 0 spiro atoms. The first kappa shape index (κ1) is 12.8. The molecule has 2 atom stereocenters. The van der Waals surface area contributed by atoms with Gasteiger partial charge in [0.15, 0.2) is 9.84 Å². The van der Waals surface area contributed by atoms with Crippen molar-refractivity contribution in [3.05, 3.63) is 0 Å². The maximum Gasteiger partial charge on any atom is 0.154 e. The highest BCUT2D eigenvalue weighted by Gasteiger charge is 2.42. The lowest BCUT2D eigenvalue weighted by molar-refractivity contribution is 0.0499. The van der Waals surface area contributed by atoms with Crippen LogP contribution in [0.3, 0.4) is 0 Å². The summed E-state index contributed by atoms with van der Waals surface area (Å²) in [6, 6.07) is 2.04. The van der Waals surface area contributed by atoms with E-state index in [2.05, 4.69) is 6.07 Å². The predicted octanol–water partition coefficient (Wildman–Crippen LogP) is -0.230. The van der Waals surface area contributed by atoms with Gasteiger partial charge in [0.25, 0.3) is 0 Å². The van der Waals surface area contributed by atoms with Crippen molar-refractivity contribution < 1.29 is 13.5 Å². The minimum atomic E-state index is -3.08. The number of aliphatic hydroxyl groups excluding tert-OH is 1. The van der Waals surface area contributed by atoms with Gasteiger partial charge in [0.05, 0.1) is 35.1 Å². The van der Waals surface area contributed by atoms with Gasteiger partial charge in [-0.25, -0.2) is 8.42 Å².